The van der Waals surface area contributed by atoms with E-state index in [4.69, 9.17) is 27.2 Å². The van der Waals surface area contributed by atoms with E-state index in [1.54, 1.807) is 31.1 Å². The Hall–Kier alpha value is -3.12. The lowest BCUT2D eigenvalue weighted by atomic mass is 9.91. The highest BCUT2D eigenvalue weighted by Gasteiger charge is 2.41. The maximum absolute atomic E-state index is 15.5. The number of nitrogens with two attached hydrogens (primary N) is 1. The Kier molecular flexibility index (Phi) is 6.54. The first-order valence-corrected chi connectivity index (χ1v) is 12.0. The van der Waals surface area contributed by atoms with Crippen LogP contribution in [0.15, 0.2) is 15.7 Å². The van der Waals surface area contributed by atoms with Gasteiger partial charge in [-0.2, -0.15) is 4.68 Å². The first-order chi connectivity index (χ1) is 16.7. The number of carbonyl (C=O) groups excluding carboxylic acids is 1. The number of nitrogens with one attached hydrogen (secondary N) is 1. The summed E-state index contributed by atoms with van der Waals surface area (Å²) in [6.45, 7) is 7.64. The Balaban J connectivity index is 1.79. The van der Waals surface area contributed by atoms with Gasteiger partial charge in [0.15, 0.2) is 0 Å². The summed E-state index contributed by atoms with van der Waals surface area (Å²) in [6, 6.07) is -0.280. The van der Waals surface area contributed by atoms with Crippen molar-refractivity contribution in [3.05, 3.63) is 37.7 Å². The van der Waals surface area contributed by atoms with Crippen LogP contribution in [0.1, 0.15) is 46.6 Å². The van der Waals surface area contributed by atoms with Crippen LogP contribution in [0.3, 0.4) is 0 Å². The molecule has 0 radical (unpaired) electrons. The molecule has 2 aromatic rings. The summed E-state index contributed by atoms with van der Waals surface area (Å²) in [4.78, 5) is 51.3. The second-order valence-electron chi connectivity index (χ2n) is 10.5. The van der Waals surface area contributed by atoms with Crippen molar-refractivity contribution in [1.29, 1.82) is 0 Å². The number of halogens is 2. The molecule has 1 amide bonds. The van der Waals surface area contributed by atoms with E-state index in [1.807, 2.05) is 6.92 Å². The van der Waals surface area contributed by atoms with Crippen molar-refractivity contribution < 1.29 is 23.8 Å². The summed E-state index contributed by atoms with van der Waals surface area (Å²) in [5.74, 6) is -1.84. The van der Waals surface area contributed by atoms with E-state index >= 15 is 4.39 Å². The van der Waals surface area contributed by atoms with Crippen LogP contribution in [0.5, 0.6) is 0 Å². The summed E-state index contributed by atoms with van der Waals surface area (Å²) < 4.78 is 22.5. The molecule has 1 aliphatic carbocycles. The number of ether oxygens (including phenoxy) is 1. The van der Waals surface area contributed by atoms with Crippen molar-refractivity contribution >= 4 is 40.3 Å². The third kappa shape index (κ3) is 4.66. The average molecular weight is 526 g/mol. The number of hydrogen-bond acceptors (Lipinski definition) is 7. The number of carboxylic acid groups (broad SMARTS) is 1. The molecule has 1 aromatic heterocycles. The molecule has 4 N–H and O–H groups in total. The smallest absolute Gasteiger partial charge is 0.424 e. The summed E-state index contributed by atoms with van der Waals surface area (Å²) in [5.41, 5.74) is 5.39. The highest BCUT2D eigenvalue weighted by Crippen LogP contribution is 2.42. The molecular weight excluding hydrogens is 497 g/mol. The Morgan fingerprint density at radius 1 is 1.28 bits per heavy atom. The zero-order valence-electron chi connectivity index (χ0n) is 20.4. The molecule has 1 saturated carbocycles. The van der Waals surface area contributed by atoms with Gasteiger partial charge >= 0.3 is 17.8 Å². The van der Waals surface area contributed by atoms with Gasteiger partial charge in [0.2, 0.25) is 0 Å². The third-order valence-corrected chi connectivity index (χ3v) is 6.84. The topological polar surface area (TPSA) is 149 Å². The van der Waals surface area contributed by atoms with Crippen molar-refractivity contribution in [2.75, 3.05) is 23.4 Å². The number of nitrogens with zero attached hydrogens (tertiary/aromatic N) is 3. The fourth-order valence-electron chi connectivity index (χ4n) is 4.75. The first-order valence-electron chi connectivity index (χ1n) is 11.6. The average Bonchev–Trinajstić information content (AvgIpc) is 3.52. The van der Waals surface area contributed by atoms with Crippen molar-refractivity contribution in [2.24, 2.45) is 17.6 Å². The second kappa shape index (κ2) is 9.07. The minimum Gasteiger partial charge on any atom is -0.464 e. The van der Waals surface area contributed by atoms with E-state index in [1.165, 1.54) is 4.57 Å². The van der Waals surface area contributed by atoms with Gasteiger partial charge in [0.25, 0.3) is 5.56 Å². The Morgan fingerprint density at radius 2 is 1.92 bits per heavy atom. The molecular formula is C23H29ClFN5O6. The highest BCUT2D eigenvalue weighted by molar-refractivity contribution is 6.38. The van der Waals surface area contributed by atoms with Crippen LogP contribution in [0.2, 0.25) is 5.02 Å². The molecule has 3 atom stereocenters. The number of amides is 1. The molecule has 4 rings (SSSR count). The lowest BCUT2D eigenvalue weighted by Gasteiger charge is -2.26. The number of aromatic nitrogens is 2. The molecule has 196 valence electrons. The van der Waals surface area contributed by atoms with E-state index < -0.39 is 40.8 Å². The molecule has 13 heteroatoms. The molecule has 1 saturated heterocycles. The zero-order valence-corrected chi connectivity index (χ0v) is 21.1. The first kappa shape index (κ1) is 26.0. The number of fused-ring (bicyclic) bond motifs is 1. The summed E-state index contributed by atoms with van der Waals surface area (Å²) in [6.07, 6.45) is -0.370. The van der Waals surface area contributed by atoms with E-state index in [2.05, 4.69) is 0 Å². The second-order valence-corrected chi connectivity index (χ2v) is 10.8. The van der Waals surface area contributed by atoms with Gasteiger partial charge < -0.3 is 20.5 Å². The molecule has 1 aromatic carbocycles. The van der Waals surface area contributed by atoms with E-state index in [-0.39, 0.29) is 46.0 Å². The predicted molar refractivity (Wildman–Crippen MR) is 132 cm³/mol. The molecule has 0 spiro atoms. The molecule has 11 nitrogen and oxygen atoms in total. The molecule has 0 bridgehead atoms. The molecule has 36 heavy (non-hydrogen) atoms. The highest BCUT2D eigenvalue weighted by atomic mass is 35.5. The summed E-state index contributed by atoms with van der Waals surface area (Å²) in [7, 11) is 0. The Labute approximate surface area is 210 Å². The molecule has 1 unspecified atom stereocenters. The number of benzene rings is 1. The van der Waals surface area contributed by atoms with Gasteiger partial charge in [-0.05, 0) is 45.6 Å². The zero-order chi connectivity index (χ0) is 26.7. The van der Waals surface area contributed by atoms with E-state index in [9.17, 15) is 19.2 Å². The quantitative estimate of drug-likeness (QED) is 0.503. The van der Waals surface area contributed by atoms with Gasteiger partial charge in [-0.25, -0.2) is 19.4 Å². The van der Waals surface area contributed by atoms with Crippen molar-refractivity contribution in [3.63, 3.8) is 0 Å². The minimum atomic E-state index is -1.61. The summed E-state index contributed by atoms with van der Waals surface area (Å²) >= 11 is 6.68. The van der Waals surface area contributed by atoms with E-state index in [0.29, 0.717) is 24.1 Å². The van der Waals surface area contributed by atoms with Gasteiger partial charge in [0.1, 0.15) is 17.5 Å². The van der Waals surface area contributed by atoms with Crippen molar-refractivity contribution in [3.8, 4) is 0 Å². The van der Waals surface area contributed by atoms with Gasteiger partial charge in [-0.1, -0.05) is 18.5 Å². The maximum atomic E-state index is 15.5. The van der Waals surface area contributed by atoms with Crippen LogP contribution >= 0.6 is 11.6 Å². The summed E-state index contributed by atoms with van der Waals surface area (Å²) in [5, 5.41) is 8.70. The molecule has 1 aliphatic heterocycles. The number of carbonyl (C=O) groups is 2. The van der Waals surface area contributed by atoms with Crippen molar-refractivity contribution in [2.45, 2.75) is 58.2 Å². The maximum Gasteiger partial charge on any atom is 0.424 e. The van der Waals surface area contributed by atoms with Gasteiger partial charge in [-0.15, -0.1) is 0 Å². The van der Waals surface area contributed by atoms with Crippen LogP contribution in [0.4, 0.5) is 14.9 Å². The standard InChI is InChI=1S/C23H29ClFN5O6/c1-10-8-28(9-13(10)16(26)20(32)36-23(2,3)4)18-14(25)7-12-17(15(18)24)29(11-5-6-11)22(35)30(19(12)31)27-21(33)34/h7,10-11,13,16,27H,5-6,8-9,26H2,1-4H3,(H,33,34)/t10-,13-,16?/m1/s1. The van der Waals surface area contributed by atoms with Crippen molar-refractivity contribution in [1.82, 2.24) is 9.24 Å². The molecule has 2 fully saturated rings. The number of rotatable bonds is 5. The van der Waals surface area contributed by atoms with Crippen LogP contribution in [0, 0.1) is 17.7 Å². The van der Waals surface area contributed by atoms with Crippen LogP contribution in [0.25, 0.3) is 10.9 Å². The van der Waals surface area contributed by atoms with Crippen LogP contribution in [-0.4, -0.2) is 51.1 Å². The predicted octanol–water partition coefficient (Wildman–Crippen LogP) is 2.25. The lowest BCUT2D eigenvalue weighted by Crippen LogP contribution is -2.46. The minimum absolute atomic E-state index is 0.00736. The van der Waals surface area contributed by atoms with Crippen LogP contribution in [-0.2, 0) is 9.53 Å². The number of anilines is 1. The number of hydrogen-bond donors (Lipinski definition) is 3. The Morgan fingerprint density at radius 3 is 2.47 bits per heavy atom. The number of esters is 1. The fraction of sp³-hybridized carbons (Fsp3) is 0.565. The van der Waals surface area contributed by atoms with Crippen LogP contribution < -0.4 is 27.3 Å². The largest absolute Gasteiger partial charge is 0.464 e. The molecule has 2 heterocycles. The SMILES string of the molecule is C[C@@H]1CN(c2c(F)cc3c(=O)n(NC(=O)O)c(=O)n(C4CC4)c3c2Cl)C[C@H]1C(N)C(=O)OC(C)(C)C. The normalized spacial score (nSPS) is 21.0. The van der Waals surface area contributed by atoms with E-state index in [0.717, 1.165) is 6.07 Å². The molecule has 2 aliphatic rings. The van der Waals surface area contributed by atoms with Gasteiger partial charge in [0, 0.05) is 25.0 Å². The Bertz CT molecular complexity index is 1360. The lowest BCUT2D eigenvalue weighted by molar-refractivity contribution is -0.158. The van der Waals surface area contributed by atoms with Gasteiger partial charge in [-0.3, -0.25) is 14.2 Å². The third-order valence-electron chi connectivity index (χ3n) is 6.49. The van der Waals surface area contributed by atoms with Gasteiger partial charge in [0.05, 0.1) is 21.6 Å². The monoisotopic (exact) mass is 525 g/mol. The fourth-order valence-corrected chi connectivity index (χ4v) is 5.15.